The fourth-order valence-electron chi connectivity index (χ4n) is 8.37. The summed E-state index contributed by atoms with van der Waals surface area (Å²) in [4.78, 5) is 14.4. The first-order valence-corrected chi connectivity index (χ1v) is 12.1. The van der Waals surface area contributed by atoms with Crippen molar-refractivity contribution in [3.8, 4) is 0 Å². The fraction of sp³-hybridized carbons (Fsp3) is 0.885. The van der Waals surface area contributed by atoms with E-state index in [1.165, 1.54) is 0 Å². The number of ketones is 1. The molecule has 32 heavy (non-hydrogen) atoms. The summed E-state index contributed by atoms with van der Waals surface area (Å²) in [6.07, 6.45) is 2.91. The molecule has 6 heteroatoms. The second-order valence-electron chi connectivity index (χ2n) is 12.9. The van der Waals surface area contributed by atoms with Gasteiger partial charge in [-0.05, 0) is 59.8 Å². The van der Waals surface area contributed by atoms with Crippen molar-refractivity contribution >= 4 is 5.78 Å². The van der Waals surface area contributed by atoms with Gasteiger partial charge in [-0.15, -0.1) is 6.58 Å². The highest BCUT2D eigenvalue weighted by Crippen LogP contribution is 2.72. The monoisotopic (exact) mass is 448 g/mol. The third-order valence-electron chi connectivity index (χ3n) is 9.27. The Balaban J connectivity index is 1.84. The molecule has 0 aromatic carbocycles. The first kappa shape index (κ1) is 23.0. The Morgan fingerprint density at radius 3 is 2.19 bits per heavy atom. The zero-order valence-electron chi connectivity index (χ0n) is 21.2. The molecule has 5 fully saturated rings. The Labute approximate surface area is 192 Å². The Hall–Kier alpha value is -0.790. The van der Waals surface area contributed by atoms with Crippen molar-refractivity contribution in [2.45, 2.75) is 128 Å². The smallest absolute Gasteiger partial charge is 0.171 e. The molecule has 0 N–H and O–H groups in total. The van der Waals surface area contributed by atoms with Gasteiger partial charge < -0.3 is 23.7 Å². The molecule has 0 aromatic rings. The minimum Gasteiger partial charge on any atom is -0.358 e. The molecule has 1 spiro atoms. The lowest BCUT2D eigenvalue weighted by atomic mass is 9.39. The maximum atomic E-state index is 14.4. The highest BCUT2D eigenvalue weighted by molar-refractivity contribution is 5.93. The van der Waals surface area contributed by atoms with Crippen molar-refractivity contribution in [3.63, 3.8) is 0 Å². The van der Waals surface area contributed by atoms with Crippen LogP contribution in [0, 0.1) is 16.7 Å². The van der Waals surface area contributed by atoms with E-state index < -0.39 is 39.9 Å². The number of hydrogen-bond donors (Lipinski definition) is 0. The molecule has 5 rings (SSSR count). The highest BCUT2D eigenvalue weighted by Gasteiger charge is 2.86. The molecule has 3 saturated heterocycles. The zero-order chi connectivity index (χ0) is 23.8. The number of fused-ring (bicyclic) bond motifs is 3. The summed E-state index contributed by atoms with van der Waals surface area (Å²) in [6, 6.07) is 0. The van der Waals surface area contributed by atoms with E-state index in [4.69, 9.17) is 23.7 Å². The minimum atomic E-state index is -1.23. The molecule has 2 aliphatic carbocycles. The second kappa shape index (κ2) is 6.06. The van der Waals surface area contributed by atoms with E-state index in [2.05, 4.69) is 27.4 Å². The molecule has 3 heterocycles. The van der Waals surface area contributed by atoms with Gasteiger partial charge in [-0.3, -0.25) is 4.79 Å². The van der Waals surface area contributed by atoms with Gasteiger partial charge in [-0.2, -0.15) is 0 Å². The van der Waals surface area contributed by atoms with E-state index in [1.54, 1.807) is 6.08 Å². The van der Waals surface area contributed by atoms with Crippen LogP contribution in [0.3, 0.4) is 0 Å². The normalized spacial score (nSPS) is 54.8. The number of ether oxygens (including phenoxy) is 5. The Kier molecular flexibility index (Phi) is 4.35. The lowest BCUT2D eigenvalue weighted by molar-refractivity contribution is -0.457. The van der Waals surface area contributed by atoms with Gasteiger partial charge in [0.1, 0.15) is 11.7 Å². The molecule has 0 radical (unpaired) electrons. The summed E-state index contributed by atoms with van der Waals surface area (Å²) in [6.45, 7) is 22.4. The molecule has 0 aromatic heterocycles. The van der Waals surface area contributed by atoms with Crippen LogP contribution in [0.2, 0.25) is 0 Å². The molecule has 2 saturated carbocycles. The van der Waals surface area contributed by atoms with Crippen LogP contribution in [0.25, 0.3) is 0 Å². The average molecular weight is 449 g/mol. The molecule has 0 unspecified atom stereocenters. The molecule has 0 bridgehead atoms. The van der Waals surface area contributed by atoms with Gasteiger partial charge in [0.25, 0.3) is 0 Å². The van der Waals surface area contributed by atoms with Gasteiger partial charge in [-0.25, -0.2) is 0 Å². The summed E-state index contributed by atoms with van der Waals surface area (Å²) in [7, 11) is 0. The van der Waals surface area contributed by atoms with Gasteiger partial charge in [0.2, 0.25) is 0 Å². The topological polar surface area (TPSA) is 63.2 Å². The minimum absolute atomic E-state index is 0.00895. The van der Waals surface area contributed by atoms with Crippen LogP contribution in [0.1, 0.15) is 81.6 Å². The molecule has 180 valence electrons. The van der Waals surface area contributed by atoms with Gasteiger partial charge in [0.05, 0.1) is 17.8 Å². The predicted octanol–water partition coefficient (Wildman–Crippen LogP) is 4.55. The average Bonchev–Trinajstić information content (AvgIpc) is 2.95. The van der Waals surface area contributed by atoms with E-state index in [0.29, 0.717) is 0 Å². The SMILES string of the molecule is C=C[C@@]1(C)CC(=O)[C@@]23OC(C)(C)O[C@H]4CCC(C)(C)[C@H]([C@@H]5OC(C)(C)O[C@@H]5[C@@]2(C)O1)[C@]43C. The van der Waals surface area contributed by atoms with E-state index >= 15 is 0 Å². The summed E-state index contributed by atoms with van der Waals surface area (Å²) in [5.41, 5.74) is -3.88. The van der Waals surface area contributed by atoms with Crippen LogP contribution >= 0.6 is 0 Å². The predicted molar refractivity (Wildman–Crippen MR) is 119 cm³/mol. The number of rotatable bonds is 1. The van der Waals surface area contributed by atoms with Crippen LogP contribution < -0.4 is 0 Å². The zero-order valence-corrected chi connectivity index (χ0v) is 21.2. The summed E-state index contributed by atoms with van der Waals surface area (Å²) >= 11 is 0. The first-order chi connectivity index (χ1) is 14.5. The molecule has 8 atom stereocenters. The molecular weight excluding hydrogens is 408 g/mol. The summed E-state index contributed by atoms with van der Waals surface area (Å²) in [5, 5.41) is 0. The van der Waals surface area contributed by atoms with Gasteiger partial charge >= 0.3 is 0 Å². The van der Waals surface area contributed by atoms with Crippen molar-refractivity contribution in [1.82, 2.24) is 0 Å². The second-order valence-corrected chi connectivity index (χ2v) is 12.9. The van der Waals surface area contributed by atoms with E-state index in [-0.39, 0.29) is 35.7 Å². The number of Topliss-reactive ketones (excluding diaryl/α,β-unsaturated/α-hetero) is 1. The van der Waals surface area contributed by atoms with Gasteiger partial charge in [-0.1, -0.05) is 26.8 Å². The van der Waals surface area contributed by atoms with Crippen LogP contribution in [0.5, 0.6) is 0 Å². The van der Waals surface area contributed by atoms with Crippen molar-refractivity contribution in [1.29, 1.82) is 0 Å². The van der Waals surface area contributed by atoms with Crippen molar-refractivity contribution in [3.05, 3.63) is 12.7 Å². The van der Waals surface area contributed by atoms with Crippen LogP contribution in [0.15, 0.2) is 12.7 Å². The maximum absolute atomic E-state index is 14.4. The van der Waals surface area contributed by atoms with E-state index in [0.717, 1.165) is 12.8 Å². The van der Waals surface area contributed by atoms with Crippen LogP contribution in [-0.4, -0.2) is 52.5 Å². The molecular formula is C26H40O6. The van der Waals surface area contributed by atoms with Crippen LogP contribution in [0.4, 0.5) is 0 Å². The van der Waals surface area contributed by atoms with Crippen molar-refractivity contribution in [2.24, 2.45) is 16.7 Å². The lowest BCUT2D eigenvalue weighted by Gasteiger charge is -2.75. The molecule has 0 amide bonds. The van der Waals surface area contributed by atoms with E-state index in [9.17, 15) is 4.79 Å². The quantitative estimate of drug-likeness (QED) is 0.549. The number of carbonyl (C=O) groups is 1. The summed E-state index contributed by atoms with van der Waals surface area (Å²) in [5.74, 6) is -1.69. The van der Waals surface area contributed by atoms with Crippen LogP contribution in [-0.2, 0) is 28.5 Å². The Bertz CT molecular complexity index is 878. The summed E-state index contributed by atoms with van der Waals surface area (Å²) < 4.78 is 33.6. The largest absolute Gasteiger partial charge is 0.358 e. The highest BCUT2D eigenvalue weighted by atomic mass is 16.8. The van der Waals surface area contributed by atoms with Gasteiger partial charge in [0.15, 0.2) is 23.0 Å². The Morgan fingerprint density at radius 1 is 0.906 bits per heavy atom. The maximum Gasteiger partial charge on any atom is 0.171 e. The van der Waals surface area contributed by atoms with Crippen molar-refractivity contribution < 1.29 is 28.5 Å². The van der Waals surface area contributed by atoms with E-state index in [1.807, 2.05) is 41.5 Å². The first-order valence-electron chi connectivity index (χ1n) is 12.1. The molecule has 5 aliphatic rings. The standard InChI is InChI=1S/C26H40O6/c1-11-23(8)14-15(27)26-24(9)16(28-22(6,7)31-26)12-13-20(2,3)18(24)17-19(25(26,10)32-23)30-21(4,5)29-17/h11,16-19H,1,12-14H2,2-10H3/t16-,17-,18-,19-,23-,24-,25+,26-/m0/s1. The number of hydrogen-bond acceptors (Lipinski definition) is 6. The van der Waals surface area contributed by atoms with Crippen molar-refractivity contribution in [2.75, 3.05) is 0 Å². The molecule has 3 aliphatic heterocycles. The third-order valence-corrected chi connectivity index (χ3v) is 9.27. The fourth-order valence-corrected chi connectivity index (χ4v) is 8.37. The molecule has 6 nitrogen and oxygen atoms in total. The third kappa shape index (κ3) is 2.51. The lowest BCUT2D eigenvalue weighted by Crippen LogP contribution is -2.89. The van der Waals surface area contributed by atoms with Gasteiger partial charge in [0, 0.05) is 17.8 Å². The number of carbonyl (C=O) groups excluding carboxylic acids is 1. The Morgan fingerprint density at radius 2 is 1.56 bits per heavy atom.